The van der Waals surface area contributed by atoms with E-state index < -0.39 is 20.0 Å². The normalized spacial score (nSPS) is 20.1. The van der Waals surface area contributed by atoms with E-state index in [-0.39, 0.29) is 5.41 Å². The van der Waals surface area contributed by atoms with Crippen molar-refractivity contribution < 1.29 is 20.0 Å². The van der Waals surface area contributed by atoms with Crippen molar-refractivity contribution in [3.05, 3.63) is 129 Å². The summed E-state index contributed by atoms with van der Waals surface area (Å²) in [6, 6.07) is 33.4. The molecule has 0 nitrogen and oxygen atoms in total. The quantitative estimate of drug-likeness (QED) is 0.156. The molecule has 4 aromatic carbocycles. The molecule has 1 heterocycles. The van der Waals surface area contributed by atoms with Gasteiger partial charge in [-0.25, -0.2) is 0 Å². The molecule has 4 aromatic rings. The van der Waals surface area contributed by atoms with Crippen LogP contribution in [0.5, 0.6) is 0 Å². The molecule has 2 unspecified atom stereocenters. The Hall–Kier alpha value is -2.77. The van der Waals surface area contributed by atoms with Crippen LogP contribution in [0.1, 0.15) is 121 Å². The molecule has 0 radical (unpaired) electrons. The second kappa shape index (κ2) is 12.5. The van der Waals surface area contributed by atoms with Gasteiger partial charge in [-0.05, 0) is 0 Å². The molecule has 0 aromatic heterocycles. The average molecular weight is 799 g/mol. The third-order valence-electron chi connectivity index (χ3n) is 12.0. The molecule has 1 heteroatoms. The number of allylic oxidation sites excluding steroid dienone is 2. The summed E-state index contributed by atoms with van der Waals surface area (Å²) in [6.45, 7) is 19.0. The zero-order valence-electron chi connectivity index (χ0n) is 31.1. The fourth-order valence-electron chi connectivity index (χ4n) is 10.1. The van der Waals surface area contributed by atoms with Crippen LogP contribution >= 0.6 is 0 Å². The van der Waals surface area contributed by atoms with Gasteiger partial charge in [-0.1, -0.05) is 0 Å². The Morgan fingerprint density at radius 2 is 0.896 bits per heavy atom. The monoisotopic (exact) mass is 800 g/mol. The number of fused-ring (bicyclic) bond motifs is 6. The number of hydrogen-bond donors (Lipinski definition) is 0. The fraction of sp³-hybridized carbons (Fsp3) is 0.404. The van der Waals surface area contributed by atoms with E-state index in [1.54, 1.807) is 22.3 Å². The molecule has 0 saturated carbocycles. The van der Waals surface area contributed by atoms with Gasteiger partial charge in [0.2, 0.25) is 0 Å². The van der Waals surface area contributed by atoms with Gasteiger partial charge in [-0.15, -0.1) is 0 Å². The van der Waals surface area contributed by atoms with Crippen LogP contribution in [0, 0.1) is 17.3 Å². The minimum atomic E-state index is -3.17. The molecule has 1 saturated heterocycles. The molecule has 0 spiro atoms. The van der Waals surface area contributed by atoms with Gasteiger partial charge in [0, 0.05) is 0 Å². The van der Waals surface area contributed by atoms with E-state index in [1.807, 2.05) is 0 Å². The van der Waals surface area contributed by atoms with Gasteiger partial charge in [0.25, 0.3) is 0 Å². The SMILES string of the molecule is CC(C)CC1(CC(C)C)C2=Cc3c(-c4ccc(C(C)C)cc4)cccc3[CH]2[Hf]([CH3])([CH3])[CH]2C1=Cc1c(-c3ccc(C(C)C)cc3)cccc12. The van der Waals surface area contributed by atoms with Gasteiger partial charge in [0.1, 0.15) is 0 Å². The zero-order chi connectivity index (χ0) is 34.1. The van der Waals surface area contributed by atoms with Crippen molar-refractivity contribution in [1.29, 1.82) is 0 Å². The van der Waals surface area contributed by atoms with Crippen LogP contribution in [0.3, 0.4) is 0 Å². The summed E-state index contributed by atoms with van der Waals surface area (Å²) in [7, 11) is 0. The zero-order valence-corrected chi connectivity index (χ0v) is 34.7. The van der Waals surface area contributed by atoms with Gasteiger partial charge >= 0.3 is 298 Å². The van der Waals surface area contributed by atoms with Crippen molar-refractivity contribution in [1.82, 2.24) is 0 Å². The molecule has 48 heavy (non-hydrogen) atoms. The van der Waals surface area contributed by atoms with E-state index in [0.717, 1.165) is 0 Å². The third-order valence-corrected chi connectivity index (χ3v) is 27.2. The van der Waals surface area contributed by atoms with Crippen LogP contribution in [0.25, 0.3) is 34.4 Å². The van der Waals surface area contributed by atoms with E-state index in [0.29, 0.717) is 31.0 Å². The summed E-state index contributed by atoms with van der Waals surface area (Å²) in [5, 5.41) is 0. The van der Waals surface area contributed by atoms with Crippen LogP contribution in [0.4, 0.5) is 0 Å². The molecule has 0 bridgehead atoms. The Bertz CT molecular complexity index is 1750. The molecule has 3 aliphatic rings. The van der Waals surface area contributed by atoms with Crippen LogP contribution in [0.2, 0.25) is 9.36 Å². The number of benzene rings is 4. The van der Waals surface area contributed by atoms with E-state index in [1.165, 1.54) is 57.3 Å². The first kappa shape index (κ1) is 33.7. The first-order valence-electron chi connectivity index (χ1n) is 18.7. The van der Waals surface area contributed by atoms with E-state index in [9.17, 15) is 0 Å². The maximum absolute atomic E-state index is 3.17. The minimum absolute atomic E-state index is 0.0722. The topological polar surface area (TPSA) is 0 Å². The number of rotatable bonds is 8. The predicted octanol–water partition coefficient (Wildman–Crippen LogP) is 14.2. The average Bonchev–Trinajstić information content (AvgIpc) is 3.65. The van der Waals surface area contributed by atoms with Gasteiger partial charge in [-0.3, -0.25) is 0 Å². The van der Waals surface area contributed by atoms with Crippen LogP contribution in [-0.4, -0.2) is 0 Å². The maximum atomic E-state index is 2.80. The molecule has 1 aliphatic heterocycles. The van der Waals surface area contributed by atoms with Gasteiger partial charge in [0.15, 0.2) is 0 Å². The Kier molecular flexibility index (Phi) is 8.80. The number of hydrogen-bond acceptors (Lipinski definition) is 0. The first-order valence-corrected chi connectivity index (χ1v) is 30.1. The van der Waals surface area contributed by atoms with Crippen LogP contribution < -0.4 is 0 Å². The van der Waals surface area contributed by atoms with Crippen molar-refractivity contribution in [2.45, 2.75) is 96.8 Å². The Morgan fingerprint density at radius 1 is 0.521 bits per heavy atom. The van der Waals surface area contributed by atoms with Crippen molar-refractivity contribution in [3.63, 3.8) is 0 Å². The molecule has 2 aliphatic carbocycles. The third kappa shape index (κ3) is 5.42. The second-order valence-corrected chi connectivity index (χ2v) is 34.6. The van der Waals surface area contributed by atoms with Crippen LogP contribution in [0.15, 0.2) is 96.1 Å². The van der Waals surface area contributed by atoms with E-state index >= 15 is 0 Å². The van der Waals surface area contributed by atoms with Crippen molar-refractivity contribution in [3.8, 4) is 22.3 Å². The summed E-state index contributed by atoms with van der Waals surface area (Å²) < 4.78 is 6.80. The van der Waals surface area contributed by atoms with Crippen molar-refractivity contribution in [2.24, 2.45) is 17.3 Å². The first-order chi connectivity index (χ1) is 22.8. The standard InChI is InChI=1S/C45H50.2CH3.Hf/c1-29(2)27-45(28-30(3)4,39-23-37-11-9-13-41(43(37)25-39)35-19-15-33(16-20-35)31(5)6)40-24-38-12-10-14-42(44(38)26-40)36-21-17-34(18-22-36)32(7)8;;;/h9-26,29-32H,27-28H2,1-8H3;2*1H3;. The van der Waals surface area contributed by atoms with Gasteiger partial charge < -0.3 is 0 Å². The summed E-state index contributed by atoms with van der Waals surface area (Å²) in [6.07, 6.45) is 7.92. The second-order valence-electron chi connectivity index (χ2n) is 17.3. The molecule has 1 fully saturated rings. The molecule has 0 amide bonds. The summed E-state index contributed by atoms with van der Waals surface area (Å²) in [5.74, 6) is 2.32. The summed E-state index contributed by atoms with van der Waals surface area (Å²) in [5.41, 5.74) is 18.3. The van der Waals surface area contributed by atoms with Gasteiger partial charge in [0.05, 0.1) is 0 Å². The van der Waals surface area contributed by atoms with Crippen molar-refractivity contribution >= 4 is 12.2 Å². The van der Waals surface area contributed by atoms with Crippen LogP contribution in [-0.2, 0) is 20.0 Å². The molecular weight excluding hydrogens is 743 g/mol. The van der Waals surface area contributed by atoms with E-state index in [4.69, 9.17) is 0 Å². The molecule has 248 valence electrons. The Balaban J connectivity index is 1.45. The molecule has 2 atom stereocenters. The summed E-state index contributed by atoms with van der Waals surface area (Å²) >= 11 is -3.17. The van der Waals surface area contributed by atoms with E-state index in [2.05, 4.69) is 162 Å². The molecule has 7 rings (SSSR count). The predicted molar refractivity (Wildman–Crippen MR) is 206 cm³/mol. The Morgan fingerprint density at radius 3 is 1.23 bits per heavy atom. The summed E-state index contributed by atoms with van der Waals surface area (Å²) in [4.78, 5) is 0. The van der Waals surface area contributed by atoms with Crippen molar-refractivity contribution in [2.75, 3.05) is 0 Å². The Labute approximate surface area is 296 Å². The fourth-order valence-corrected chi connectivity index (χ4v) is 27.2. The molecule has 0 N–H and O–H groups in total. The van der Waals surface area contributed by atoms with Gasteiger partial charge in [-0.2, -0.15) is 0 Å². The molecular formula is C47H56Hf.